The van der Waals surface area contributed by atoms with Crippen LogP contribution in [0.15, 0.2) is 35.5 Å². The third-order valence-electron chi connectivity index (χ3n) is 4.18. The fourth-order valence-electron chi connectivity index (χ4n) is 3.12. The quantitative estimate of drug-likeness (QED) is 0.830. The van der Waals surface area contributed by atoms with Crippen LogP contribution in [0, 0.1) is 6.92 Å². The standard InChI is InChI=1S/C16H15N3O3/c1-8-12-13(9-3-5-10(21-2)6-4-9)14-11(7-22-16(14)20)17-15(12)19-18-8/h3-6,13H,7H2,1-2H3,(H2,17,18,19). The van der Waals surface area contributed by atoms with Crippen molar-refractivity contribution < 1.29 is 14.3 Å². The molecule has 6 heteroatoms. The number of aromatic nitrogens is 2. The van der Waals surface area contributed by atoms with E-state index in [0.717, 1.165) is 34.1 Å². The Kier molecular flexibility index (Phi) is 2.72. The van der Waals surface area contributed by atoms with E-state index in [2.05, 4.69) is 15.5 Å². The number of H-pyrrole nitrogens is 1. The molecule has 1 aromatic heterocycles. The molecule has 0 aliphatic carbocycles. The molecule has 4 rings (SSSR count). The van der Waals surface area contributed by atoms with Crippen LogP contribution in [0.5, 0.6) is 5.75 Å². The van der Waals surface area contributed by atoms with E-state index in [0.29, 0.717) is 5.57 Å². The molecule has 2 aromatic rings. The first kappa shape index (κ1) is 12.9. The summed E-state index contributed by atoms with van der Waals surface area (Å²) in [5.74, 6) is 1.10. The van der Waals surface area contributed by atoms with Gasteiger partial charge in [-0.3, -0.25) is 5.10 Å². The van der Waals surface area contributed by atoms with E-state index in [1.54, 1.807) is 7.11 Å². The molecular weight excluding hydrogens is 282 g/mol. The van der Waals surface area contributed by atoms with Crippen LogP contribution in [0.3, 0.4) is 0 Å². The molecule has 1 atom stereocenters. The molecule has 0 radical (unpaired) electrons. The maximum Gasteiger partial charge on any atom is 0.337 e. The van der Waals surface area contributed by atoms with Gasteiger partial charge >= 0.3 is 5.97 Å². The van der Waals surface area contributed by atoms with Crippen molar-refractivity contribution in [2.24, 2.45) is 0 Å². The molecule has 112 valence electrons. The first-order valence-electron chi connectivity index (χ1n) is 7.05. The van der Waals surface area contributed by atoms with Crippen LogP contribution in [-0.2, 0) is 9.53 Å². The molecule has 1 unspecified atom stereocenters. The van der Waals surface area contributed by atoms with Crippen molar-refractivity contribution in [3.05, 3.63) is 52.4 Å². The zero-order chi connectivity index (χ0) is 15.3. The number of anilines is 1. The minimum atomic E-state index is -0.269. The molecule has 3 heterocycles. The minimum Gasteiger partial charge on any atom is -0.497 e. The average Bonchev–Trinajstić information content (AvgIpc) is 3.10. The van der Waals surface area contributed by atoms with E-state index in [4.69, 9.17) is 9.47 Å². The normalized spacial score (nSPS) is 19.4. The highest BCUT2D eigenvalue weighted by Crippen LogP contribution is 2.44. The molecule has 22 heavy (non-hydrogen) atoms. The molecule has 0 spiro atoms. The van der Waals surface area contributed by atoms with E-state index in [1.165, 1.54) is 0 Å². The van der Waals surface area contributed by atoms with Crippen LogP contribution < -0.4 is 10.1 Å². The lowest BCUT2D eigenvalue weighted by Crippen LogP contribution is -2.19. The zero-order valence-electron chi connectivity index (χ0n) is 12.3. The molecule has 0 bridgehead atoms. The SMILES string of the molecule is COc1ccc(C2C3=C(COC3=O)Nc3n[nH]c(C)c32)cc1. The molecule has 6 nitrogen and oxygen atoms in total. The largest absolute Gasteiger partial charge is 0.497 e. The summed E-state index contributed by atoms with van der Waals surface area (Å²) in [6.45, 7) is 2.22. The molecular formula is C16H15N3O3. The molecule has 1 aromatic carbocycles. The van der Waals surface area contributed by atoms with Crippen LogP contribution in [0.1, 0.15) is 22.7 Å². The molecule has 0 saturated carbocycles. The first-order valence-corrected chi connectivity index (χ1v) is 7.05. The van der Waals surface area contributed by atoms with E-state index in [-0.39, 0.29) is 18.5 Å². The highest BCUT2D eigenvalue weighted by Gasteiger charge is 2.40. The Labute approximate surface area is 127 Å². The van der Waals surface area contributed by atoms with Crippen molar-refractivity contribution in [2.75, 3.05) is 19.0 Å². The highest BCUT2D eigenvalue weighted by molar-refractivity contribution is 5.97. The van der Waals surface area contributed by atoms with Gasteiger partial charge in [-0.25, -0.2) is 4.79 Å². The number of hydrogen-bond donors (Lipinski definition) is 2. The Balaban J connectivity index is 1.89. The number of rotatable bonds is 2. The molecule has 2 aliphatic rings. The van der Waals surface area contributed by atoms with Gasteiger partial charge in [0.2, 0.25) is 0 Å². The summed E-state index contributed by atoms with van der Waals surface area (Å²) < 4.78 is 10.4. The molecule has 2 aliphatic heterocycles. The van der Waals surface area contributed by atoms with E-state index in [9.17, 15) is 4.79 Å². The van der Waals surface area contributed by atoms with Crippen molar-refractivity contribution >= 4 is 11.8 Å². The van der Waals surface area contributed by atoms with Crippen LogP contribution >= 0.6 is 0 Å². The maximum absolute atomic E-state index is 12.2. The molecule has 0 amide bonds. The summed E-state index contributed by atoms with van der Waals surface area (Å²) >= 11 is 0. The van der Waals surface area contributed by atoms with Gasteiger partial charge in [0.15, 0.2) is 5.82 Å². The van der Waals surface area contributed by atoms with Gasteiger partial charge in [0, 0.05) is 17.2 Å². The van der Waals surface area contributed by atoms with Crippen molar-refractivity contribution in [3.8, 4) is 5.75 Å². The van der Waals surface area contributed by atoms with Gasteiger partial charge < -0.3 is 14.8 Å². The summed E-state index contributed by atoms with van der Waals surface area (Å²) in [5.41, 5.74) is 4.41. The number of methoxy groups -OCH3 is 1. The predicted octanol–water partition coefficient (Wildman–Crippen LogP) is 2.10. The van der Waals surface area contributed by atoms with Crippen LogP contribution in [0.25, 0.3) is 0 Å². The number of nitrogens with one attached hydrogen (secondary N) is 2. The third kappa shape index (κ3) is 1.73. The van der Waals surface area contributed by atoms with Gasteiger partial charge in [-0.2, -0.15) is 5.10 Å². The lowest BCUT2D eigenvalue weighted by molar-refractivity contribution is -0.136. The van der Waals surface area contributed by atoms with Gasteiger partial charge in [-0.15, -0.1) is 0 Å². The molecule has 0 fully saturated rings. The third-order valence-corrected chi connectivity index (χ3v) is 4.18. The van der Waals surface area contributed by atoms with Crippen molar-refractivity contribution in [1.29, 1.82) is 0 Å². The molecule has 0 saturated heterocycles. The highest BCUT2D eigenvalue weighted by atomic mass is 16.5. The van der Waals surface area contributed by atoms with Gasteiger partial charge in [-0.1, -0.05) is 12.1 Å². The number of aromatic amines is 1. The first-order chi connectivity index (χ1) is 10.7. The van der Waals surface area contributed by atoms with Gasteiger partial charge in [0.05, 0.1) is 18.4 Å². The van der Waals surface area contributed by atoms with Gasteiger partial charge in [-0.05, 0) is 24.6 Å². The minimum absolute atomic E-state index is 0.175. The number of carbonyl (C=O) groups is 1. The number of benzene rings is 1. The second-order valence-corrected chi connectivity index (χ2v) is 5.41. The van der Waals surface area contributed by atoms with E-state index >= 15 is 0 Å². The summed E-state index contributed by atoms with van der Waals surface area (Å²) in [4.78, 5) is 12.2. The van der Waals surface area contributed by atoms with E-state index < -0.39 is 0 Å². The maximum atomic E-state index is 12.2. The summed E-state index contributed by atoms with van der Waals surface area (Å²) in [7, 11) is 1.63. The lowest BCUT2D eigenvalue weighted by atomic mass is 9.82. The predicted molar refractivity (Wildman–Crippen MR) is 79.8 cm³/mol. The topological polar surface area (TPSA) is 76.2 Å². The number of fused-ring (bicyclic) bond motifs is 1. The Morgan fingerprint density at radius 2 is 2.09 bits per heavy atom. The number of carbonyl (C=O) groups excluding carboxylic acids is 1. The van der Waals surface area contributed by atoms with Crippen LogP contribution in [0.4, 0.5) is 5.82 Å². The summed E-state index contributed by atoms with van der Waals surface area (Å²) in [6.07, 6.45) is 0. The second-order valence-electron chi connectivity index (χ2n) is 5.41. The smallest absolute Gasteiger partial charge is 0.337 e. The monoisotopic (exact) mass is 297 g/mol. The number of hydrogen-bond acceptors (Lipinski definition) is 5. The fourth-order valence-corrected chi connectivity index (χ4v) is 3.12. The number of nitrogens with zero attached hydrogens (tertiary/aromatic N) is 1. The van der Waals surface area contributed by atoms with Crippen molar-refractivity contribution in [1.82, 2.24) is 10.2 Å². The Hall–Kier alpha value is -2.76. The Morgan fingerprint density at radius 1 is 1.32 bits per heavy atom. The Morgan fingerprint density at radius 3 is 2.82 bits per heavy atom. The fraction of sp³-hybridized carbons (Fsp3) is 0.250. The van der Waals surface area contributed by atoms with Crippen molar-refractivity contribution in [3.63, 3.8) is 0 Å². The summed E-state index contributed by atoms with van der Waals surface area (Å²) in [5, 5.41) is 10.5. The number of aryl methyl sites for hydroxylation is 1. The van der Waals surface area contributed by atoms with Crippen molar-refractivity contribution in [2.45, 2.75) is 12.8 Å². The Bertz CT molecular complexity index is 789. The molecule has 2 N–H and O–H groups in total. The number of esters is 1. The number of ether oxygens (including phenoxy) is 2. The number of cyclic esters (lactones) is 1. The van der Waals surface area contributed by atoms with Gasteiger partial charge in [0.1, 0.15) is 12.4 Å². The van der Waals surface area contributed by atoms with E-state index in [1.807, 2.05) is 31.2 Å². The zero-order valence-corrected chi connectivity index (χ0v) is 12.3. The average molecular weight is 297 g/mol. The lowest BCUT2D eigenvalue weighted by Gasteiger charge is -2.24. The van der Waals surface area contributed by atoms with Crippen LogP contribution in [-0.4, -0.2) is 29.9 Å². The summed E-state index contributed by atoms with van der Waals surface area (Å²) in [6, 6.07) is 7.74. The second kappa shape index (κ2) is 4.62. The van der Waals surface area contributed by atoms with Crippen LogP contribution in [0.2, 0.25) is 0 Å². The van der Waals surface area contributed by atoms with Gasteiger partial charge in [0.25, 0.3) is 0 Å².